The van der Waals surface area contributed by atoms with Crippen molar-refractivity contribution in [1.29, 1.82) is 0 Å². The third-order valence-electron chi connectivity index (χ3n) is 3.65. The normalized spacial score (nSPS) is 17.5. The Morgan fingerprint density at radius 2 is 1.94 bits per heavy atom. The monoisotopic (exact) mass is 231 g/mol. The van der Waals surface area contributed by atoms with Gasteiger partial charge in [-0.25, -0.2) is 0 Å². The molecule has 0 unspecified atom stereocenters. The number of nitrogens with one attached hydrogen (secondary N) is 1. The molecule has 0 saturated carbocycles. The molecule has 92 valence electrons. The van der Waals surface area contributed by atoms with Gasteiger partial charge in [-0.3, -0.25) is 0 Å². The van der Waals surface area contributed by atoms with E-state index in [1.54, 1.807) is 0 Å². The molecule has 1 aromatic carbocycles. The van der Waals surface area contributed by atoms with Gasteiger partial charge in [0.05, 0.1) is 12.1 Å². The highest BCUT2D eigenvalue weighted by molar-refractivity contribution is 5.83. The number of anilines is 1. The van der Waals surface area contributed by atoms with Crippen LogP contribution in [-0.4, -0.2) is 12.1 Å². The fraction of sp³-hybridized carbons (Fsp3) is 0.467. The summed E-state index contributed by atoms with van der Waals surface area (Å²) in [5.41, 5.74) is 5.22. The van der Waals surface area contributed by atoms with Crippen molar-refractivity contribution in [3.8, 4) is 5.75 Å². The van der Waals surface area contributed by atoms with Crippen LogP contribution in [0.15, 0.2) is 23.8 Å². The zero-order chi connectivity index (χ0) is 12.6. The zero-order valence-corrected chi connectivity index (χ0v) is 11.3. The Hall–Kier alpha value is -1.44. The number of rotatable bonds is 2. The standard InChI is InChI=1S/C15H21NO/c1-6-17-12-7-8-14-13(9-12)10(2)11(3)15(4,5)16-14/h7-9,16H,6H2,1-5H3. The van der Waals surface area contributed by atoms with E-state index in [0.717, 1.165) is 5.75 Å². The number of fused-ring (bicyclic) bond motifs is 1. The van der Waals surface area contributed by atoms with E-state index >= 15 is 0 Å². The molecule has 1 aliphatic heterocycles. The molecule has 0 aromatic heterocycles. The third-order valence-corrected chi connectivity index (χ3v) is 3.65. The topological polar surface area (TPSA) is 21.3 Å². The Bertz CT molecular complexity index is 472. The third kappa shape index (κ3) is 2.04. The lowest BCUT2D eigenvalue weighted by Gasteiger charge is -2.36. The maximum Gasteiger partial charge on any atom is 0.120 e. The molecule has 2 heteroatoms. The van der Waals surface area contributed by atoms with Crippen LogP contribution in [0, 0.1) is 0 Å². The number of hydrogen-bond donors (Lipinski definition) is 1. The molecular weight excluding hydrogens is 210 g/mol. The van der Waals surface area contributed by atoms with Gasteiger partial charge in [0.25, 0.3) is 0 Å². The first-order valence-corrected chi connectivity index (χ1v) is 6.19. The lowest BCUT2D eigenvalue weighted by molar-refractivity contribution is 0.340. The van der Waals surface area contributed by atoms with E-state index in [2.05, 4.69) is 45.1 Å². The first-order chi connectivity index (χ1) is 7.95. The van der Waals surface area contributed by atoms with E-state index in [9.17, 15) is 0 Å². The van der Waals surface area contributed by atoms with Gasteiger partial charge in [-0.2, -0.15) is 0 Å². The predicted molar refractivity (Wildman–Crippen MR) is 73.6 cm³/mol. The van der Waals surface area contributed by atoms with Gasteiger partial charge in [-0.1, -0.05) is 0 Å². The smallest absolute Gasteiger partial charge is 0.120 e. The summed E-state index contributed by atoms with van der Waals surface area (Å²) in [5.74, 6) is 0.944. The van der Waals surface area contributed by atoms with E-state index in [-0.39, 0.29) is 5.54 Å². The van der Waals surface area contributed by atoms with Gasteiger partial charge in [0.1, 0.15) is 5.75 Å². The van der Waals surface area contributed by atoms with Gasteiger partial charge in [0.2, 0.25) is 0 Å². The second kappa shape index (κ2) is 4.10. The van der Waals surface area contributed by atoms with Gasteiger partial charge in [0.15, 0.2) is 0 Å². The molecular formula is C15H21NO. The minimum Gasteiger partial charge on any atom is -0.494 e. The summed E-state index contributed by atoms with van der Waals surface area (Å²) in [6, 6.07) is 6.26. The summed E-state index contributed by atoms with van der Waals surface area (Å²) in [6.07, 6.45) is 0. The summed E-state index contributed by atoms with van der Waals surface area (Å²) >= 11 is 0. The van der Waals surface area contributed by atoms with Gasteiger partial charge < -0.3 is 10.1 Å². The fourth-order valence-electron chi connectivity index (χ4n) is 2.30. The Morgan fingerprint density at radius 1 is 1.24 bits per heavy atom. The van der Waals surface area contributed by atoms with E-state index in [1.165, 1.54) is 22.4 Å². The molecule has 1 aromatic rings. The number of ether oxygens (including phenoxy) is 1. The van der Waals surface area contributed by atoms with Crippen LogP contribution in [0.4, 0.5) is 5.69 Å². The summed E-state index contributed by atoms with van der Waals surface area (Å²) in [7, 11) is 0. The van der Waals surface area contributed by atoms with Crippen LogP contribution in [0.1, 0.15) is 40.2 Å². The quantitative estimate of drug-likeness (QED) is 0.828. The highest BCUT2D eigenvalue weighted by Gasteiger charge is 2.28. The molecule has 1 N–H and O–H groups in total. The average molecular weight is 231 g/mol. The first-order valence-electron chi connectivity index (χ1n) is 6.19. The van der Waals surface area contributed by atoms with Gasteiger partial charge in [0, 0.05) is 11.3 Å². The van der Waals surface area contributed by atoms with Crippen LogP contribution in [0.5, 0.6) is 5.75 Å². The average Bonchev–Trinajstić information content (AvgIpc) is 2.27. The molecule has 0 spiro atoms. The van der Waals surface area contributed by atoms with Crippen LogP contribution >= 0.6 is 0 Å². The van der Waals surface area contributed by atoms with Crippen LogP contribution in [0.2, 0.25) is 0 Å². The lowest BCUT2D eigenvalue weighted by atomic mass is 9.84. The Kier molecular flexibility index (Phi) is 2.90. The Labute approximate surface area is 104 Å². The van der Waals surface area contributed by atoms with Crippen molar-refractivity contribution in [1.82, 2.24) is 0 Å². The summed E-state index contributed by atoms with van der Waals surface area (Å²) < 4.78 is 5.56. The van der Waals surface area contributed by atoms with Crippen molar-refractivity contribution >= 4 is 11.3 Å². The molecule has 0 aliphatic carbocycles. The number of allylic oxidation sites excluding steroid dienone is 1. The fourth-order valence-corrected chi connectivity index (χ4v) is 2.30. The van der Waals surface area contributed by atoms with E-state index < -0.39 is 0 Å². The summed E-state index contributed by atoms with van der Waals surface area (Å²) in [6.45, 7) is 11.5. The zero-order valence-electron chi connectivity index (χ0n) is 11.3. The maximum atomic E-state index is 5.56. The SMILES string of the molecule is CCOc1ccc2c(c1)C(C)=C(C)C(C)(C)N2. The molecule has 17 heavy (non-hydrogen) atoms. The minimum absolute atomic E-state index is 0.0320. The Balaban J connectivity index is 2.50. The number of hydrogen-bond acceptors (Lipinski definition) is 2. The van der Waals surface area contributed by atoms with Crippen molar-refractivity contribution < 1.29 is 4.74 Å². The molecule has 0 saturated heterocycles. The first kappa shape index (κ1) is 12.0. The second-order valence-corrected chi connectivity index (χ2v) is 5.14. The van der Waals surface area contributed by atoms with Gasteiger partial charge in [-0.05, 0) is 64.0 Å². The van der Waals surface area contributed by atoms with Crippen LogP contribution in [0.3, 0.4) is 0 Å². The van der Waals surface area contributed by atoms with Crippen LogP contribution in [-0.2, 0) is 0 Å². The molecule has 1 heterocycles. The van der Waals surface area contributed by atoms with Crippen LogP contribution in [0.25, 0.3) is 5.57 Å². The molecule has 0 amide bonds. The summed E-state index contributed by atoms with van der Waals surface area (Å²) in [5, 5.41) is 3.57. The van der Waals surface area contributed by atoms with Crippen molar-refractivity contribution in [3.05, 3.63) is 29.3 Å². The van der Waals surface area contributed by atoms with E-state index in [1.807, 2.05) is 13.0 Å². The Morgan fingerprint density at radius 3 is 2.59 bits per heavy atom. The van der Waals surface area contributed by atoms with Gasteiger partial charge in [-0.15, -0.1) is 0 Å². The van der Waals surface area contributed by atoms with Crippen LogP contribution < -0.4 is 10.1 Å². The second-order valence-electron chi connectivity index (χ2n) is 5.14. The van der Waals surface area contributed by atoms with Crippen molar-refractivity contribution in [2.45, 2.75) is 40.2 Å². The largest absolute Gasteiger partial charge is 0.494 e. The van der Waals surface area contributed by atoms with E-state index in [4.69, 9.17) is 4.74 Å². The van der Waals surface area contributed by atoms with Crippen molar-refractivity contribution in [2.75, 3.05) is 11.9 Å². The minimum atomic E-state index is 0.0320. The van der Waals surface area contributed by atoms with Gasteiger partial charge >= 0.3 is 0 Å². The predicted octanol–water partition coefficient (Wildman–Crippen LogP) is 4.08. The molecule has 0 atom stereocenters. The lowest BCUT2D eigenvalue weighted by Crippen LogP contribution is -2.35. The number of benzene rings is 1. The van der Waals surface area contributed by atoms with Crippen molar-refractivity contribution in [2.24, 2.45) is 0 Å². The van der Waals surface area contributed by atoms with E-state index in [0.29, 0.717) is 6.61 Å². The molecule has 1 aliphatic rings. The van der Waals surface area contributed by atoms with Crippen molar-refractivity contribution in [3.63, 3.8) is 0 Å². The maximum absolute atomic E-state index is 5.56. The molecule has 0 radical (unpaired) electrons. The molecule has 0 bridgehead atoms. The molecule has 2 nitrogen and oxygen atoms in total. The highest BCUT2D eigenvalue weighted by Crippen LogP contribution is 2.39. The molecule has 2 rings (SSSR count). The summed E-state index contributed by atoms with van der Waals surface area (Å²) in [4.78, 5) is 0. The molecule has 0 fully saturated rings. The highest BCUT2D eigenvalue weighted by atomic mass is 16.5.